The van der Waals surface area contributed by atoms with Crippen LogP contribution in [0, 0.1) is 6.92 Å². The number of nitrogens with zero attached hydrogens (tertiary/aromatic N) is 6. The van der Waals surface area contributed by atoms with Crippen LogP contribution in [0.2, 0.25) is 0 Å². The Bertz CT molecular complexity index is 1380. The van der Waals surface area contributed by atoms with Crippen molar-refractivity contribution in [2.45, 2.75) is 19.9 Å². The van der Waals surface area contributed by atoms with Crippen molar-refractivity contribution in [1.82, 2.24) is 34.1 Å². The van der Waals surface area contributed by atoms with E-state index in [9.17, 15) is 4.79 Å². The summed E-state index contributed by atoms with van der Waals surface area (Å²) < 4.78 is 3.28. The Hall–Kier alpha value is -4.01. The average molecular weight is 386 g/mol. The fraction of sp³-hybridized carbons (Fsp3) is 0.150. The monoisotopic (exact) mass is 386 g/mol. The molecule has 29 heavy (non-hydrogen) atoms. The lowest BCUT2D eigenvalue weighted by atomic mass is 10.2. The number of imidazole rings is 1. The third-order valence-electron chi connectivity index (χ3n) is 4.89. The lowest BCUT2D eigenvalue weighted by Gasteiger charge is -2.19. The number of benzene rings is 1. The van der Waals surface area contributed by atoms with Gasteiger partial charge in [0.05, 0.1) is 18.1 Å². The van der Waals surface area contributed by atoms with E-state index in [0.717, 1.165) is 11.3 Å². The van der Waals surface area contributed by atoms with Gasteiger partial charge in [0, 0.05) is 6.20 Å². The van der Waals surface area contributed by atoms with Crippen LogP contribution in [0.25, 0.3) is 22.4 Å². The third-order valence-corrected chi connectivity index (χ3v) is 4.89. The maximum absolute atomic E-state index is 13.4. The largest absolute Gasteiger partial charge is 0.358 e. The normalized spacial score (nSPS) is 12.5. The molecule has 0 aliphatic carbocycles. The van der Waals surface area contributed by atoms with Crippen LogP contribution in [0.5, 0.6) is 0 Å². The first-order valence-corrected chi connectivity index (χ1v) is 9.20. The summed E-state index contributed by atoms with van der Waals surface area (Å²) in [6.07, 6.45) is 4.83. The van der Waals surface area contributed by atoms with E-state index in [1.165, 1.54) is 6.33 Å². The summed E-state index contributed by atoms with van der Waals surface area (Å²) in [6.45, 7) is 3.85. The first-order valence-electron chi connectivity index (χ1n) is 9.20. The molecule has 5 aromatic rings. The van der Waals surface area contributed by atoms with Crippen LogP contribution >= 0.6 is 0 Å². The molecule has 0 fully saturated rings. The zero-order chi connectivity index (χ0) is 20.0. The fourth-order valence-electron chi connectivity index (χ4n) is 3.48. The first kappa shape index (κ1) is 17.1. The molecule has 1 atom stereocenters. The molecule has 4 aromatic heterocycles. The Morgan fingerprint density at radius 3 is 2.76 bits per heavy atom. The van der Waals surface area contributed by atoms with E-state index in [-0.39, 0.29) is 11.6 Å². The summed E-state index contributed by atoms with van der Waals surface area (Å²) in [4.78, 5) is 29.1. The molecule has 1 aromatic carbocycles. The number of para-hydroxylation sites is 1. The van der Waals surface area contributed by atoms with Gasteiger partial charge in [-0.2, -0.15) is 5.10 Å². The Morgan fingerprint density at radius 2 is 1.93 bits per heavy atom. The highest BCUT2D eigenvalue weighted by Gasteiger charge is 2.20. The topological polar surface area (TPSA) is 106 Å². The predicted octanol–water partition coefficient (Wildman–Crippen LogP) is 2.63. The van der Waals surface area contributed by atoms with Crippen molar-refractivity contribution in [3.63, 3.8) is 0 Å². The number of hydrogen-bond donors (Lipinski definition) is 2. The van der Waals surface area contributed by atoms with E-state index in [4.69, 9.17) is 5.10 Å². The van der Waals surface area contributed by atoms with Gasteiger partial charge < -0.3 is 10.3 Å². The highest BCUT2D eigenvalue weighted by molar-refractivity contribution is 5.82. The second-order valence-electron chi connectivity index (χ2n) is 6.82. The molecule has 0 saturated carbocycles. The van der Waals surface area contributed by atoms with Crippen molar-refractivity contribution in [3.05, 3.63) is 77.0 Å². The maximum Gasteiger partial charge on any atom is 0.282 e. The van der Waals surface area contributed by atoms with Crippen molar-refractivity contribution in [2.75, 3.05) is 5.32 Å². The van der Waals surface area contributed by atoms with Gasteiger partial charge in [-0.1, -0.05) is 18.2 Å². The van der Waals surface area contributed by atoms with Gasteiger partial charge >= 0.3 is 0 Å². The zero-order valence-electron chi connectivity index (χ0n) is 15.9. The van der Waals surface area contributed by atoms with Gasteiger partial charge in [0.1, 0.15) is 17.4 Å². The highest BCUT2D eigenvalue weighted by atomic mass is 16.1. The molecule has 9 nitrogen and oxygen atoms in total. The van der Waals surface area contributed by atoms with E-state index in [1.54, 1.807) is 21.6 Å². The number of H-pyrrole nitrogens is 1. The molecule has 0 aliphatic heterocycles. The molecule has 0 aliphatic rings. The van der Waals surface area contributed by atoms with E-state index in [1.807, 2.05) is 50.2 Å². The number of anilines is 1. The van der Waals surface area contributed by atoms with Gasteiger partial charge in [0.25, 0.3) is 5.56 Å². The third kappa shape index (κ3) is 2.75. The van der Waals surface area contributed by atoms with Gasteiger partial charge in [-0.05, 0) is 37.6 Å². The Morgan fingerprint density at radius 1 is 1.10 bits per heavy atom. The average Bonchev–Trinajstić information content (AvgIpc) is 3.36. The van der Waals surface area contributed by atoms with Gasteiger partial charge in [0.2, 0.25) is 0 Å². The summed E-state index contributed by atoms with van der Waals surface area (Å²) in [5.41, 5.74) is 3.35. The molecule has 0 amide bonds. The van der Waals surface area contributed by atoms with Crippen LogP contribution in [0.1, 0.15) is 24.4 Å². The van der Waals surface area contributed by atoms with Crippen LogP contribution in [-0.2, 0) is 0 Å². The maximum atomic E-state index is 13.4. The molecule has 0 radical (unpaired) electrons. The van der Waals surface area contributed by atoms with Gasteiger partial charge in [-0.25, -0.2) is 19.5 Å². The van der Waals surface area contributed by atoms with Crippen molar-refractivity contribution in [1.29, 1.82) is 0 Å². The molecule has 0 spiro atoms. The standard InChI is InChI=1S/C20H18N8O/c1-12-8-9-27-16(12)20(29)28(14-6-4-3-5-7-14)19(26-27)13(2)25-18-15-17(22-10-21-15)23-11-24-18/h3-11,13H,1-2H3,(H2,21,22,23,24,25)/t13-/m0/s1. The van der Waals surface area contributed by atoms with Crippen molar-refractivity contribution >= 4 is 22.5 Å². The molecular weight excluding hydrogens is 368 g/mol. The van der Waals surface area contributed by atoms with Crippen LogP contribution in [0.3, 0.4) is 0 Å². The summed E-state index contributed by atoms with van der Waals surface area (Å²) in [5, 5.41) is 8.08. The second kappa shape index (κ2) is 6.55. The first-order chi connectivity index (χ1) is 14.1. The summed E-state index contributed by atoms with van der Waals surface area (Å²) in [6, 6.07) is 11.1. The van der Waals surface area contributed by atoms with Crippen molar-refractivity contribution < 1.29 is 0 Å². The number of nitrogens with one attached hydrogen (secondary N) is 2. The second-order valence-corrected chi connectivity index (χ2v) is 6.82. The van der Waals surface area contributed by atoms with Crippen LogP contribution in [-0.4, -0.2) is 34.1 Å². The molecule has 5 rings (SSSR count). The quantitative estimate of drug-likeness (QED) is 0.492. The molecule has 0 unspecified atom stereocenters. The minimum absolute atomic E-state index is 0.119. The molecule has 9 heteroatoms. The van der Waals surface area contributed by atoms with Crippen molar-refractivity contribution in [3.8, 4) is 5.69 Å². The summed E-state index contributed by atoms with van der Waals surface area (Å²) in [5.74, 6) is 1.16. The Kier molecular flexibility index (Phi) is 3.87. The van der Waals surface area contributed by atoms with E-state index in [2.05, 4.69) is 25.3 Å². The SMILES string of the molecule is Cc1ccn2nc([C@H](C)Nc3ncnc4nc[nH]c34)n(-c3ccccc3)c(=O)c12. The van der Waals surface area contributed by atoms with Crippen LogP contribution in [0.15, 0.2) is 60.0 Å². The van der Waals surface area contributed by atoms with Gasteiger partial charge in [0.15, 0.2) is 17.3 Å². The minimum atomic E-state index is -0.323. The summed E-state index contributed by atoms with van der Waals surface area (Å²) in [7, 11) is 0. The smallest absolute Gasteiger partial charge is 0.282 e. The number of aryl methyl sites for hydroxylation is 1. The van der Waals surface area contributed by atoms with Crippen LogP contribution < -0.4 is 10.9 Å². The van der Waals surface area contributed by atoms with Crippen LogP contribution in [0.4, 0.5) is 5.82 Å². The van der Waals surface area contributed by atoms with Gasteiger partial charge in [-0.3, -0.25) is 9.36 Å². The number of rotatable bonds is 4. The fourth-order valence-corrected chi connectivity index (χ4v) is 3.48. The number of aromatic nitrogens is 7. The van der Waals surface area contributed by atoms with E-state index in [0.29, 0.717) is 28.3 Å². The number of aromatic amines is 1. The Balaban J connectivity index is 1.69. The van der Waals surface area contributed by atoms with E-state index < -0.39 is 0 Å². The lowest BCUT2D eigenvalue weighted by molar-refractivity contribution is 0.673. The number of hydrogen-bond acceptors (Lipinski definition) is 6. The van der Waals surface area contributed by atoms with E-state index >= 15 is 0 Å². The molecule has 0 bridgehead atoms. The molecular formula is C20H18N8O. The van der Waals surface area contributed by atoms with Crippen molar-refractivity contribution in [2.24, 2.45) is 0 Å². The highest BCUT2D eigenvalue weighted by Crippen LogP contribution is 2.22. The molecule has 144 valence electrons. The molecule has 0 saturated heterocycles. The predicted molar refractivity (Wildman–Crippen MR) is 109 cm³/mol. The number of fused-ring (bicyclic) bond motifs is 2. The Labute approximate surface area is 165 Å². The minimum Gasteiger partial charge on any atom is -0.358 e. The summed E-state index contributed by atoms with van der Waals surface area (Å²) >= 11 is 0. The molecule has 4 heterocycles. The lowest BCUT2D eigenvalue weighted by Crippen LogP contribution is -2.29. The molecule has 2 N–H and O–H groups in total. The zero-order valence-corrected chi connectivity index (χ0v) is 15.9. The van der Waals surface area contributed by atoms with Gasteiger partial charge in [-0.15, -0.1) is 0 Å².